The van der Waals surface area contributed by atoms with E-state index in [-0.39, 0.29) is 78.3 Å². The fraction of sp³-hybridized carbons (Fsp3) is 0.359. The van der Waals surface area contributed by atoms with Gasteiger partial charge in [0.1, 0.15) is 47.5 Å². The topological polar surface area (TPSA) is 88.2 Å². The van der Waals surface area contributed by atoms with Gasteiger partial charge in [-0.05, 0) is 98.0 Å². The van der Waals surface area contributed by atoms with Crippen molar-refractivity contribution in [3.63, 3.8) is 0 Å². The molecule has 5 rings (SSSR count). The van der Waals surface area contributed by atoms with Crippen LogP contribution in [0.4, 0.5) is 30.7 Å². The van der Waals surface area contributed by atoms with E-state index in [2.05, 4.69) is 5.32 Å². The average Bonchev–Trinajstić information content (AvgIpc) is 3.08. The van der Waals surface area contributed by atoms with E-state index in [0.29, 0.717) is 6.08 Å². The van der Waals surface area contributed by atoms with E-state index in [4.69, 9.17) is 9.47 Å². The predicted octanol–water partition coefficient (Wildman–Crippen LogP) is 7.89. The molecule has 0 aromatic heterocycles. The Balaban J connectivity index is 1.73. The maximum Gasteiger partial charge on any atom is 0.416 e. The van der Waals surface area contributed by atoms with Crippen LogP contribution in [0.1, 0.15) is 54.1 Å². The van der Waals surface area contributed by atoms with Crippen molar-refractivity contribution >= 4 is 18.2 Å². The molecule has 3 aromatic rings. The first kappa shape index (κ1) is 40.0. The Bertz CT molecular complexity index is 1990. The summed E-state index contributed by atoms with van der Waals surface area (Å²) in [5.74, 6) is -4.28. The van der Waals surface area contributed by atoms with Crippen LogP contribution in [0.25, 0.3) is 11.1 Å². The predicted molar refractivity (Wildman–Crippen MR) is 185 cm³/mol. The van der Waals surface area contributed by atoms with Gasteiger partial charge < -0.3 is 19.7 Å². The van der Waals surface area contributed by atoms with Crippen molar-refractivity contribution in [2.24, 2.45) is 0 Å². The van der Waals surface area contributed by atoms with Crippen LogP contribution in [-0.2, 0) is 19.1 Å². The quantitative estimate of drug-likeness (QED) is 0.0740. The SMILES string of the molecule is CCOC(=O)C[C@@H]1NC(=O)C(N(C)/C=C(CCN2CC(F)C2)\C(=C/C=O)C(F)(F)F)c2cc(ccc2F)Oc2ccc(F)c(C)c2-c2cc(C)c(F)c1c2. The number of nitrogens with one attached hydrogen (secondary N) is 1. The van der Waals surface area contributed by atoms with E-state index in [0.717, 1.165) is 29.3 Å². The second-order valence-electron chi connectivity index (χ2n) is 13.1. The number of likely N-dealkylation sites (tertiary alicyclic amines) is 1. The molecule has 1 N–H and O–H groups in total. The minimum absolute atomic E-state index is 0.000712. The number of aryl methyl sites for hydroxylation is 1. The van der Waals surface area contributed by atoms with Gasteiger partial charge in [-0.1, -0.05) is 0 Å². The maximum atomic E-state index is 16.1. The van der Waals surface area contributed by atoms with Gasteiger partial charge in [-0.2, -0.15) is 13.2 Å². The number of hydrogen-bond acceptors (Lipinski definition) is 7. The zero-order chi connectivity index (χ0) is 39.5. The molecular weight excluding hydrogens is 723 g/mol. The van der Waals surface area contributed by atoms with Gasteiger partial charge in [-0.3, -0.25) is 19.3 Å². The third-order valence-electron chi connectivity index (χ3n) is 9.30. The summed E-state index contributed by atoms with van der Waals surface area (Å²) in [6, 6.07) is 5.33. The van der Waals surface area contributed by atoms with Gasteiger partial charge in [0.05, 0.1) is 24.6 Å². The van der Waals surface area contributed by atoms with Gasteiger partial charge in [0.15, 0.2) is 0 Å². The van der Waals surface area contributed by atoms with Crippen LogP contribution < -0.4 is 10.1 Å². The Hall–Kier alpha value is -5.18. The number of carbonyl (C=O) groups excluding carboxylic acids is 3. The van der Waals surface area contributed by atoms with Crippen molar-refractivity contribution in [2.75, 3.05) is 33.3 Å². The molecule has 0 aliphatic carbocycles. The highest BCUT2D eigenvalue weighted by Gasteiger charge is 2.38. The number of halogens is 7. The third kappa shape index (κ3) is 8.78. The Labute approximate surface area is 307 Å². The second kappa shape index (κ2) is 16.5. The standard InChI is InChI=1S/C39H38F7N3O5/c1-5-53-34(51)17-32-28-15-24(14-21(2)36(28)43)35-22(3)30(41)8-9-33(35)54-26-6-7-31(42)27(16-26)37(38(52)47-32)48(4)18-23(10-12-49-19-25(40)20-49)29(11-13-50)39(44,45)46/h6-9,11,13-16,18,25,32,37H,5,10,12,17,19-20H2,1-4H3,(H,47,52)/b23-18-,29-11+/t32-,37?/m0/s1. The van der Waals surface area contributed by atoms with E-state index in [1.165, 1.54) is 52.1 Å². The molecule has 0 radical (unpaired) electrons. The van der Waals surface area contributed by atoms with Crippen molar-refractivity contribution in [1.82, 2.24) is 15.1 Å². The molecule has 2 aliphatic heterocycles. The number of benzene rings is 3. The number of ether oxygens (including phenoxy) is 2. The molecule has 1 unspecified atom stereocenters. The normalized spacial score (nSPS) is 18.2. The number of likely N-dealkylation sites (N-methyl/N-ethyl adjacent to an activating group) is 1. The fourth-order valence-electron chi connectivity index (χ4n) is 6.65. The molecule has 1 saturated heterocycles. The lowest BCUT2D eigenvalue weighted by Gasteiger charge is -2.35. The van der Waals surface area contributed by atoms with Gasteiger partial charge >= 0.3 is 12.1 Å². The van der Waals surface area contributed by atoms with Crippen LogP contribution in [0, 0.1) is 31.3 Å². The maximum absolute atomic E-state index is 16.1. The molecule has 2 heterocycles. The molecule has 54 heavy (non-hydrogen) atoms. The van der Waals surface area contributed by atoms with E-state index >= 15 is 13.2 Å². The van der Waals surface area contributed by atoms with Crippen molar-refractivity contribution in [3.8, 4) is 22.6 Å². The molecule has 3 aromatic carbocycles. The number of carbonyl (C=O) groups is 3. The Morgan fingerprint density at radius 2 is 1.76 bits per heavy atom. The minimum atomic E-state index is -5.03. The highest BCUT2D eigenvalue weighted by atomic mass is 19.4. The Kier molecular flexibility index (Phi) is 12.2. The van der Waals surface area contributed by atoms with E-state index in [1.54, 1.807) is 4.90 Å². The first-order valence-electron chi connectivity index (χ1n) is 17.1. The minimum Gasteiger partial charge on any atom is -0.466 e. The number of nitrogens with zero attached hydrogens (tertiary/aromatic N) is 2. The van der Waals surface area contributed by atoms with Crippen LogP contribution in [-0.4, -0.2) is 73.6 Å². The van der Waals surface area contributed by atoms with E-state index in [1.807, 2.05) is 0 Å². The van der Waals surface area contributed by atoms with Crippen LogP contribution in [0.3, 0.4) is 0 Å². The lowest BCUT2D eigenvalue weighted by molar-refractivity contribution is -0.144. The molecule has 2 aliphatic rings. The highest BCUT2D eigenvalue weighted by Crippen LogP contribution is 2.42. The Morgan fingerprint density at radius 3 is 2.41 bits per heavy atom. The molecular formula is C39H38F7N3O5. The summed E-state index contributed by atoms with van der Waals surface area (Å²) in [5.41, 5.74) is -1.75. The summed E-state index contributed by atoms with van der Waals surface area (Å²) in [6.07, 6.45) is -5.91. The molecule has 2 atom stereocenters. The highest BCUT2D eigenvalue weighted by molar-refractivity contribution is 5.85. The van der Waals surface area contributed by atoms with Crippen LogP contribution in [0.5, 0.6) is 11.5 Å². The van der Waals surface area contributed by atoms with Gasteiger partial charge in [-0.25, -0.2) is 17.6 Å². The molecule has 1 amide bonds. The summed E-state index contributed by atoms with van der Waals surface area (Å²) in [6.45, 7) is 4.36. The van der Waals surface area contributed by atoms with E-state index < -0.39 is 76.9 Å². The molecule has 288 valence electrons. The molecule has 4 bridgehead atoms. The number of fused-ring (bicyclic) bond motifs is 6. The first-order valence-corrected chi connectivity index (χ1v) is 17.1. The fourth-order valence-corrected chi connectivity index (χ4v) is 6.65. The van der Waals surface area contributed by atoms with Crippen molar-refractivity contribution < 1.29 is 54.6 Å². The number of hydrogen-bond donors (Lipinski definition) is 1. The first-order chi connectivity index (χ1) is 25.5. The summed E-state index contributed by atoms with van der Waals surface area (Å²) in [7, 11) is 1.21. The number of alkyl halides is 4. The zero-order valence-corrected chi connectivity index (χ0v) is 29.8. The van der Waals surface area contributed by atoms with Gasteiger partial charge in [0.25, 0.3) is 0 Å². The van der Waals surface area contributed by atoms with Crippen molar-refractivity contribution in [1.29, 1.82) is 0 Å². The smallest absolute Gasteiger partial charge is 0.416 e. The summed E-state index contributed by atoms with van der Waals surface area (Å²) in [4.78, 5) is 41.3. The summed E-state index contributed by atoms with van der Waals surface area (Å²) < 4.78 is 115. The lowest BCUT2D eigenvalue weighted by Crippen LogP contribution is -2.48. The van der Waals surface area contributed by atoms with Gasteiger partial charge in [0.2, 0.25) is 5.91 Å². The van der Waals surface area contributed by atoms with Gasteiger partial charge in [0, 0.05) is 49.6 Å². The van der Waals surface area contributed by atoms with Crippen LogP contribution in [0.15, 0.2) is 65.9 Å². The summed E-state index contributed by atoms with van der Waals surface area (Å²) >= 11 is 0. The monoisotopic (exact) mass is 761 g/mol. The molecule has 8 nitrogen and oxygen atoms in total. The van der Waals surface area contributed by atoms with E-state index in [9.17, 15) is 31.9 Å². The number of rotatable bonds is 10. The lowest BCUT2D eigenvalue weighted by atomic mass is 9.92. The van der Waals surface area contributed by atoms with Gasteiger partial charge in [-0.15, -0.1) is 0 Å². The van der Waals surface area contributed by atoms with Crippen molar-refractivity contribution in [2.45, 2.75) is 58.0 Å². The molecule has 15 heteroatoms. The number of esters is 1. The molecule has 0 saturated carbocycles. The van der Waals surface area contributed by atoms with Crippen LogP contribution in [0.2, 0.25) is 0 Å². The second-order valence-corrected chi connectivity index (χ2v) is 13.1. The largest absolute Gasteiger partial charge is 0.466 e. The number of amides is 1. The third-order valence-corrected chi connectivity index (χ3v) is 9.30. The average molecular weight is 762 g/mol. The van der Waals surface area contributed by atoms with Crippen LogP contribution >= 0.6 is 0 Å². The number of aldehydes is 1. The van der Waals surface area contributed by atoms with Crippen molar-refractivity contribution in [3.05, 3.63) is 106 Å². The Morgan fingerprint density at radius 1 is 1.06 bits per heavy atom. The zero-order valence-electron chi connectivity index (χ0n) is 29.8. The summed E-state index contributed by atoms with van der Waals surface area (Å²) in [5, 5.41) is 2.59. The number of allylic oxidation sites excluding steroid dienone is 2. The molecule has 0 spiro atoms. The molecule has 1 fully saturated rings.